The maximum absolute atomic E-state index is 6.32. The molecule has 3 rings (SSSR count). The lowest BCUT2D eigenvalue weighted by Crippen LogP contribution is -2.13. The zero-order valence-electron chi connectivity index (χ0n) is 14.8. The average Bonchev–Trinajstić information content (AvgIpc) is 2.61. The summed E-state index contributed by atoms with van der Waals surface area (Å²) in [7, 11) is 1.63. The molecule has 4 heteroatoms. The van der Waals surface area contributed by atoms with Crippen molar-refractivity contribution >= 4 is 11.6 Å². The predicted octanol–water partition coefficient (Wildman–Crippen LogP) is 5.57. The van der Waals surface area contributed by atoms with Crippen LogP contribution in [0.15, 0.2) is 48.8 Å². The summed E-state index contributed by atoms with van der Waals surface area (Å²) in [6.07, 6.45) is 3.60. The molecule has 2 heterocycles. The van der Waals surface area contributed by atoms with Crippen LogP contribution in [-0.4, -0.2) is 17.1 Å². The molecule has 0 saturated carbocycles. The fourth-order valence-corrected chi connectivity index (χ4v) is 2.86. The minimum atomic E-state index is -0.0349. The Kier molecular flexibility index (Phi) is 4.78. The van der Waals surface area contributed by atoms with E-state index in [0.717, 1.165) is 27.9 Å². The molecule has 1 radical (unpaired) electrons. The van der Waals surface area contributed by atoms with Gasteiger partial charge in [0, 0.05) is 45.2 Å². The number of halogens is 1. The summed E-state index contributed by atoms with van der Waals surface area (Å²) in [4.78, 5) is 8.97. The van der Waals surface area contributed by atoms with Gasteiger partial charge in [-0.05, 0) is 35.9 Å². The van der Waals surface area contributed by atoms with E-state index >= 15 is 0 Å². The monoisotopic (exact) mass is 351 g/mol. The first kappa shape index (κ1) is 17.4. The van der Waals surface area contributed by atoms with E-state index in [1.807, 2.05) is 24.4 Å². The summed E-state index contributed by atoms with van der Waals surface area (Å²) in [5.74, 6) is 0.577. The molecule has 0 aliphatic carbocycles. The Hall–Kier alpha value is -2.39. The van der Waals surface area contributed by atoms with Crippen LogP contribution in [0.1, 0.15) is 26.5 Å². The highest BCUT2D eigenvalue weighted by atomic mass is 35.5. The molecule has 1 aromatic carbocycles. The number of ether oxygens (including phenoxy) is 1. The number of benzene rings is 1. The highest BCUT2D eigenvalue weighted by Gasteiger charge is 2.18. The molecule has 3 nitrogen and oxygen atoms in total. The molecule has 0 spiro atoms. The van der Waals surface area contributed by atoms with Crippen LogP contribution in [0.2, 0.25) is 5.02 Å². The second-order valence-corrected chi connectivity index (χ2v) is 7.27. The van der Waals surface area contributed by atoms with Crippen molar-refractivity contribution in [2.24, 2.45) is 0 Å². The maximum atomic E-state index is 6.32. The third-order valence-corrected chi connectivity index (χ3v) is 4.32. The van der Waals surface area contributed by atoms with Gasteiger partial charge in [-0.1, -0.05) is 44.5 Å². The molecule has 0 bridgehead atoms. The number of rotatable bonds is 3. The van der Waals surface area contributed by atoms with E-state index in [1.54, 1.807) is 19.4 Å². The van der Waals surface area contributed by atoms with Gasteiger partial charge in [0.1, 0.15) is 0 Å². The Morgan fingerprint density at radius 3 is 2.52 bits per heavy atom. The summed E-state index contributed by atoms with van der Waals surface area (Å²) in [6, 6.07) is 14.6. The molecule has 0 unspecified atom stereocenters. The lowest BCUT2D eigenvalue weighted by atomic mass is 9.90. The van der Waals surface area contributed by atoms with Gasteiger partial charge in [0.2, 0.25) is 5.88 Å². The van der Waals surface area contributed by atoms with E-state index in [0.29, 0.717) is 10.9 Å². The van der Waals surface area contributed by atoms with Crippen LogP contribution < -0.4 is 4.74 Å². The van der Waals surface area contributed by atoms with Gasteiger partial charge < -0.3 is 4.74 Å². The largest absolute Gasteiger partial charge is 0.481 e. The Bertz CT molecular complexity index is 900. The maximum Gasteiger partial charge on any atom is 0.221 e. The molecular weight excluding hydrogens is 332 g/mol. The molecule has 0 saturated heterocycles. The summed E-state index contributed by atoms with van der Waals surface area (Å²) >= 11 is 6.32. The van der Waals surface area contributed by atoms with Crippen LogP contribution in [0, 0.1) is 6.07 Å². The fraction of sp³-hybridized carbons (Fsp3) is 0.238. The highest BCUT2D eigenvalue weighted by molar-refractivity contribution is 6.33. The molecule has 0 N–H and O–H groups in total. The van der Waals surface area contributed by atoms with Crippen molar-refractivity contribution in [1.29, 1.82) is 0 Å². The second-order valence-electron chi connectivity index (χ2n) is 6.87. The van der Waals surface area contributed by atoms with Crippen LogP contribution in [0.3, 0.4) is 0 Å². The first-order valence-corrected chi connectivity index (χ1v) is 8.45. The van der Waals surface area contributed by atoms with Crippen LogP contribution >= 0.6 is 11.6 Å². The van der Waals surface area contributed by atoms with E-state index < -0.39 is 0 Å². The van der Waals surface area contributed by atoms with Gasteiger partial charge in [-0.15, -0.1) is 0 Å². The summed E-state index contributed by atoms with van der Waals surface area (Å²) in [5.41, 5.74) is 4.77. The van der Waals surface area contributed by atoms with Crippen molar-refractivity contribution in [1.82, 2.24) is 9.97 Å². The third kappa shape index (κ3) is 3.67. The van der Waals surface area contributed by atoms with Crippen LogP contribution in [0.25, 0.3) is 22.3 Å². The standard InChI is InChI=1S/C21H20ClN2O/c1-21(2,3)19-12-14(9-10-23-19)17-11-15(13-24-20(17)25-4)16-7-5-6-8-18(16)22/h5,7-13H,1-4H3. The number of methoxy groups -OCH3 is 1. The van der Waals surface area contributed by atoms with Crippen molar-refractivity contribution < 1.29 is 4.74 Å². The Morgan fingerprint density at radius 2 is 1.84 bits per heavy atom. The molecule has 3 aromatic rings. The molecule has 25 heavy (non-hydrogen) atoms. The Labute approximate surface area is 153 Å². The van der Waals surface area contributed by atoms with E-state index in [9.17, 15) is 0 Å². The van der Waals surface area contributed by atoms with E-state index in [2.05, 4.69) is 48.9 Å². The van der Waals surface area contributed by atoms with Crippen LogP contribution in [0.5, 0.6) is 5.88 Å². The quantitative estimate of drug-likeness (QED) is 0.618. The minimum Gasteiger partial charge on any atom is -0.481 e. The summed E-state index contributed by atoms with van der Waals surface area (Å²) in [5, 5.41) is 0.644. The topological polar surface area (TPSA) is 35.0 Å². The van der Waals surface area contributed by atoms with Crippen molar-refractivity contribution in [3.63, 3.8) is 0 Å². The lowest BCUT2D eigenvalue weighted by molar-refractivity contribution is 0.400. The summed E-state index contributed by atoms with van der Waals surface area (Å²) in [6.45, 7) is 6.43. The van der Waals surface area contributed by atoms with Gasteiger partial charge in [-0.3, -0.25) is 4.98 Å². The fourth-order valence-electron chi connectivity index (χ4n) is 2.62. The minimum absolute atomic E-state index is 0.0349. The third-order valence-electron chi connectivity index (χ3n) is 4.01. The zero-order chi connectivity index (χ0) is 18.0. The Balaban J connectivity index is 2.16. The van der Waals surface area contributed by atoms with Crippen LogP contribution in [0.4, 0.5) is 0 Å². The molecule has 0 atom stereocenters. The van der Waals surface area contributed by atoms with Crippen molar-refractivity contribution in [2.45, 2.75) is 26.2 Å². The van der Waals surface area contributed by atoms with E-state index in [4.69, 9.17) is 16.3 Å². The lowest BCUT2D eigenvalue weighted by Gasteiger charge is -2.19. The number of pyridine rings is 2. The predicted molar refractivity (Wildman–Crippen MR) is 102 cm³/mol. The molecule has 2 aromatic heterocycles. The van der Waals surface area contributed by atoms with Gasteiger partial charge in [0.05, 0.1) is 7.11 Å². The average molecular weight is 352 g/mol. The number of hydrogen-bond acceptors (Lipinski definition) is 3. The molecule has 127 valence electrons. The molecular formula is C21H20ClN2O. The van der Waals surface area contributed by atoms with Crippen LogP contribution in [-0.2, 0) is 5.41 Å². The first-order valence-electron chi connectivity index (χ1n) is 8.07. The van der Waals surface area contributed by atoms with Gasteiger partial charge in [-0.25, -0.2) is 4.98 Å². The van der Waals surface area contributed by atoms with Gasteiger partial charge in [0.25, 0.3) is 0 Å². The molecule has 0 amide bonds. The van der Waals surface area contributed by atoms with Gasteiger partial charge in [-0.2, -0.15) is 0 Å². The van der Waals surface area contributed by atoms with Gasteiger partial charge in [0.15, 0.2) is 0 Å². The highest BCUT2D eigenvalue weighted by Crippen LogP contribution is 2.35. The smallest absolute Gasteiger partial charge is 0.221 e. The molecule has 0 aliphatic heterocycles. The first-order chi connectivity index (χ1) is 11.9. The number of nitrogens with zero attached hydrogens (tertiary/aromatic N) is 2. The van der Waals surface area contributed by atoms with Crippen molar-refractivity contribution in [2.75, 3.05) is 7.11 Å². The van der Waals surface area contributed by atoms with Crippen molar-refractivity contribution in [3.05, 3.63) is 65.6 Å². The summed E-state index contributed by atoms with van der Waals surface area (Å²) < 4.78 is 5.48. The number of hydrogen-bond donors (Lipinski definition) is 0. The van der Waals surface area contributed by atoms with Crippen molar-refractivity contribution in [3.8, 4) is 28.1 Å². The Morgan fingerprint density at radius 1 is 1.04 bits per heavy atom. The second kappa shape index (κ2) is 6.85. The van der Waals surface area contributed by atoms with Gasteiger partial charge >= 0.3 is 0 Å². The SMILES string of the molecule is COc1ncc(-c2cc[c]cc2Cl)cc1-c1ccnc(C(C)(C)C)c1. The van der Waals surface area contributed by atoms with E-state index in [1.165, 1.54) is 0 Å². The normalized spacial score (nSPS) is 11.4. The molecule has 0 fully saturated rings. The van der Waals surface area contributed by atoms with E-state index in [-0.39, 0.29) is 5.41 Å². The number of aromatic nitrogens is 2. The molecule has 0 aliphatic rings. The zero-order valence-corrected chi connectivity index (χ0v) is 15.6.